The second-order valence-electron chi connectivity index (χ2n) is 4.68. The topological polar surface area (TPSA) is 30.9 Å². The van der Waals surface area contributed by atoms with Crippen molar-refractivity contribution in [3.8, 4) is 5.69 Å². The van der Waals surface area contributed by atoms with Crippen LogP contribution in [0.2, 0.25) is 10.0 Å². The second kappa shape index (κ2) is 4.61. The lowest BCUT2D eigenvalue weighted by molar-refractivity contribution is 0.560. The van der Waals surface area contributed by atoms with Crippen LogP contribution in [0.15, 0.2) is 30.5 Å². The van der Waals surface area contributed by atoms with Gasteiger partial charge in [-0.1, -0.05) is 23.2 Å². The zero-order chi connectivity index (χ0) is 12.7. The molecule has 2 aromatic rings. The smallest absolute Gasteiger partial charge is 0.0613 e. The summed E-state index contributed by atoms with van der Waals surface area (Å²) >= 11 is 12.0. The predicted molar refractivity (Wildman–Crippen MR) is 75.7 cm³/mol. The molecule has 1 unspecified atom stereocenters. The maximum Gasteiger partial charge on any atom is 0.0613 e. The molecule has 0 saturated heterocycles. The Morgan fingerprint density at radius 2 is 2.00 bits per heavy atom. The molecule has 0 radical (unpaired) electrons. The van der Waals surface area contributed by atoms with E-state index in [0.717, 1.165) is 24.9 Å². The van der Waals surface area contributed by atoms with Gasteiger partial charge in [0, 0.05) is 23.6 Å². The molecule has 0 fully saturated rings. The van der Waals surface area contributed by atoms with E-state index in [0.29, 0.717) is 10.0 Å². The SMILES string of the molecule is NC1CCCc2c1ccn2-c1ccc(Cl)c(Cl)c1. The van der Waals surface area contributed by atoms with Crippen LogP contribution in [0.5, 0.6) is 0 Å². The number of hydrogen-bond acceptors (Lipinski definition) is 1. The molecule has 18 heavy (non-hydrogen) atoms. The van der Waals surface area contributed by atoms with Crippen molar-refractivity contribution in [2.75, 3.05) is 0 Å². The van der Waals surface area contributed by atoms with E-state index in [1.807, 2.05) is 18.2 Å². The molecule has 4 heteroatoms. The van der Waals surface area contributed by atoms with Gasteiger partial charge in [0.15, 0.2) is 0 Å². The molecule has 1 aromatic carbocycles. The monoisotopic (exact) mass is 280 g/mol. The molecule has 1 aliphatic carbocycles. The first-order valence-electron chi connectivity index (χ1n) is 6.08. The van der Waals surface area contributed by atoms with Gasteiger partial charge in [-0.15, -0.1) is 0 Å². The number of aromatic nitrogens is 1. The van der Waals surface area contributed by atoms with Crippen molar-refractivity contribution in [2.24, 2.45) is 5.73 Å². The highest BCUT2D eigenvalue weighted by Crippen LogP contribution is 2.32. The third-order valence-electron chi connectivity index (χ3n) is 3.54. The number of hydrogen-bond donors (Lipinski definition) is 1. The Hall–Kier alpha value is -0.960. The summed E-state index contributed by atoms with van der Waals surface area (Å²) in [6.45, 7) is 0. The Morgan fingerprint density at radius 3 is 2.78 bits per heavy atom. The molecule has 3 rings (SSSR count). The van der Waals surface area contributed by atoms with Gasteiger partial charge in [-0.05, 0) is 49.1 Å². The van der Waals surface area contributed by atoms with E-state index < -0.39 is 0 Å². The van der Waals surface area contributed by atoms with Crippen LogP contribution < -0.4 is 5.73 Å². The fourth-order valence-electron chi connectivity index (χ4n) is 2.60. The second-order valence-corrected chi connectivity index (χ2v) is 5.50. The molecular weight excluding hydrogens is 267 g/mol. The summed E-state index contributed by atoms with van der Waals surface area (Å²) in [5.74, 6) is 0. The number of rotatable bonds is 1. The standard InChI is InChI=1S/C14H14Cl2N2/c15-11-5-4-9(8-12(11)16)18-7-6-10-13(17)2-1-3-14(10)18/h4-8,13H,1-3,17H2. The van der Waals surface area contributed by atoms with Crippen molar-refractivity contribution in [1.82, 2.24) is 4.57 Å². The Labute approximate surface area is 116 Å². The van der Waals surface area contributed by atoms with Crippen LogP contribution in [0.4, 0.5) is 0 Å². The lowest BCUT2D eigenvalue weighted by Crippen LogP contribution is -2.17. The minimum Gasteiger partial charge on any atom is -0.324 e. The number of nitrogens with zero attached hydrogens (tertiary/aromatic N) is 1. The lowest BCUT2D eigenvalue weighted by Gasteiger charge is -2.21. The van der Waals surface area contributed by atoms with E-state index in [9.17, 15) is 0 Å². The molecule has 1 heterocycles. The van der Waals surface area contributed by atoms with Gasteiger partial charge in [0.1, 0.15) is 0 Å². The summed E-state index contributed by atoms with van der Waals surface area (Å²) in [7, 11) is 0. The van der Waals surface area contributed by atoms with E-state index >= 15 is 0 Å². The fourth-order valence-corrected chi connectivity index (χ4v) is 2.90. The van der Waals surface area contributed by atoms with Crippen LogP contribution >= 0.6 is 23.2 Å². The third kappa shape index (κ3) is 1.95. The van der Waals surface area contributed by atoms with E-state index in [-0.39, 0.29) is 6.04 Å². The molecule has 2 nitrogen and oxygen atoms in total. The molecule has 1 aromatic heterocycles. The molecule has 94 valence electrons. The quantitative estimate of drug-likeness (QED) is 0.837. The minimum absolute atomic E-state index is 0.165. The van der Waals surface area contributed by atoms with Crippen molar-refractivity contribution in [3.05, 3.63) is 51.8 Å². The summed E-state index contributed by atoms with van der Waals surface area (Å²) < 4.78 is 2.16. The van der Waals surface area contributed by atoms with E-state index in [4.69, 9.17) is 28.9 Å². The molecule has 0 amide bonds. The zero-order valence-corrected chi connectivity index (χ0v) is 11.4. The molecular formula is C14H14Cl2N2. The summed E-state index contributed by atoms with van der Waals surface area (Å²) in [5.41, 5.74) is 9.73. The average molecular weight is 281 g/mol. The first kappa shape index (κ1) is 12.1. The van der Waals surface area contributed by atoms with Gasteiger partial charge >= 0.3 is 0 Å². The van der Waals surface area contributed by atoms with Crippen molar-refractivity contribution in [2.45, 2.75) is 25.3 Å². The molecule has 1 atom stereocenters. The van der Waals surface area contributed by atoms with Gasteiger partial charge in [-0.25, -0.2) is 0 Å². The fraction of sp³-hybridized carbons (Fsp3) is 0.286. The number of halogens is 2. The van der Waals surface area contributed by atoms with Crippen LogP contribution in [0, 0.1) is 0 Å². The predicted octanol–water partition coefficient (Wildman–Crippen LogP) is 4.12. The Kier molecular flexibility index (Phi) is 3.10. The summed E-state index contributed by atoms with van der Waals surface area (Å²) in [4.78, 5) is 0. The first-order chi connectivity index (χ1) is 8.66. The highest BCUT2D eigenvalue weighted by atomic mass is 35.5. The largest absolute Gasteiger partial charge is 0.324 e. The minimum atomic E-state index is 0.165. The molecule has 0 aliphatic heterocycles. The Balaban J connectivity index is 2.09. The molecule has 0 saturated carbocycles. The van der Waals surface area contributed by atoms with Gasteiger partial charge in [-0.3, -0.25) is 0 Å². The number of nitrogens with two attached hydrogens (primary N) is 1. The molecule has 1 aliphatic rings. The van der Waals surface area contributed by atoms with Gasteiger partial charge in [0.2, 0.25) is 0 Å². The zero-order valence-electron chi connectivity index (χ0n) is 9.87. The summed E-state index contributed by atoms with van der Waals surface area (Å²) in [6.07, 6.45) is 5.34. The Bertz CT molecular complexity index is 589. The van der Waals surface area contributed by atoms with E-state index in [2.05, 4.69) is 16.8 Å². The van der Waals surface area contributed by atoms with Crippen LogP contribution in [0.1, 0.15) is 30.1 Å². The normalized spacial score (nSPS) is 18.7. The van der Waals surface area contributed by atoms with Crippen molar-refractivity contribution < 1.29 is 0 Å². The van der Waals surface area contributed by atoms with Gasteiger partial charge in [0.05, 0.1) is 10.0 Å². The van der Waals surface area contributed by atoms with Gasteiger partial charge in [-0.2, -0.15) is 0 Å². The van der Waals surface area contributed by atoms with Gasteiger partial charge < -0.3 is 10.3 Å². The number of benzene rings is 1. The van der Waals surface area contributed by atoms with Crippen molar-refractivity contribution in [1.29, 1.82) is 0 Å². The molecule has 0 spiro atoms. The Morgan fingerprint density at radius 1 is 1.17 bits per heavy atom. The van der Waals surface area contributed by atoms with Gasteiger partial charge in [0.25, 0.3) is 0 Å². The van der Waals surface area contributed by atoms with Crippen LogP contribution in [0.3, 0.4) is 0 Å². The summed E-state index contributed by atoms with van der Waals surface area (Å²) in [6, 6.07) is 7.98. The molecule has 2 N–H and O–H groups in total. The van der Waals surface area contributed by atoms with Crippen LogP contribution in [0.25, 0.3) is 5.69 Å². The maximum absolute atomic E-state index is 6.13. The maximum atomic E-state index is 6.13. The highest BCUT2D eigenvalue weighted by molar-refractivity contribution is 6.42. The van der Waals surface area contributed by atoms with Crippen molar-refractivity contribution >= 4 is 23.2 Å². The average Bonchev–Trinajstić information content (AvgIpc) is 2.78. The summed E-state index contributed by atoms with van der Waals surface area (Å²) in [5, 5.41) is 1.16. The third-order valence-corrected chi connectivity index (χ3v) is 4.28. The lowest BCUT2D eigenvalue weighted by atomic mass is 9.93. The van der Waals surface area contributed by atoms with Crippen molar-refractivity contribution in [3.63, 3.8) is 0 Å². The van der Waals surface area contributed by atoms with Crippen LogP contribution in [-0.2, 0) is 6.42 Å². The first-order valence-corrected chi connectivity index (χ1v) is 6.83. The van der Waals surface area contributed by atoms with Crippen LogP contribution in [-0.4, -0.2) is 4.57 Å². The highest BCUT2D eigenvalue weighted by Gasteiger charge is 2.20. The van der Waals surface area contributed by atoms with E-state index in [1.54, 1.807) is 0 Å². The molecule has 0 bridgehead atoms. The van der Waals surface area contributed by atoms with E-state index in [1.165, 1.54) is 11.3 Å². The number of fused-ring (bicyclic) bond motifs is 1.